The van der Waals surface area contributed by atoms with E-state index < -0.39 is 11.7 Å². The van der Waals surface area contributed by atoms with Gasteiger partial charge in [0.1, 0.15) is 11.6 Å². The summed E-state index contributed by atoms with van der Waals surface area (Å²) in [4.78, 5) is 11.7. The number of amides is 1. The summed E-state index contributed by atoms with van der Waals surface area (Å²) in [5.41, 5.74) is 1.58. The van der Waals surface area contributed by atoms with Crippen LogP contribution in [0.4, 0.5) is 4.39 Å². The van der Waals surface area contributed by atoms with Gasteiger partial charge in [0.05, 0.1) is 11.8 Å². The van der Waals surface area contributed by atoms with Crippen molar-refractivity contribution in [2.75, 3.05) is 0 Å². The Morgan fingerprint density at radius 3 is 2.94 bits per heavy atom. The van der Waals surface area contributed by atoms with Crippen LogP contribution in [-0.2, 0) is 6.54 Å². The molecular formula is C12H12FN3O2. The second kappa shape index (κ2) is 4.87. The largest absolute Gasteiger partial charge is 0.508 e. The van der Waals surface area contributed by atoms with E-state index in [-0.39, 0.29) is 17.9 Å². The first-order valence-corrected chi connectivity index (χ1v) is 5.33. The first-order valence-electron chi connectivity index (χ1n) is 5.33. The summed E-state index contributed by atoms with van der Waals surface area (Å²) in [7, 11) is 0. The highest BCUT2D eigenvalue weighted by Crippen LogP contribution is 2.15. The Kier molecular flexibility index (Phi) is 3.27. The van der Waals surface area contributed by atoms with Crippen LogP contribution in [0, 0.1) is 12.7 Å². The molecule has 0 saturated heterocycles. The van der Waals surface area contributed by atoms with Gasteiger partial charge in [-0.1, -0.05) is 0 Å². The Morgan fingerprint density at radius 1 is 1.56 bits per heavy atom. The molecular weight excluding hydrogens is 237 g/mol. The predicted molar refractivity (Wildman–Crippen MR) is 62.6 cm³/mol. The van der Waals surface area contributed by atoms with E-state index in [0.717, 1.165) is 17.3 Å². The zero-order chi connectivity index (χ0) is 13.1. The number of aryl methyl sites for hydroxylation is 1. The summed E-state index contributed by atoms with van der Waals surface area (Å²) >= 11 is 0. The van der Waals surface area contributed by atoms with Crippen molar-refractivity contribution in [3.8, 4) is 5.75 Å². The zero-order valence-corrected chi connectivity index (χ0v) is 9.70. The van der Waals surface area contributed by atoms with Crippen LogP contribution in [0.3, 0.4) is 0 Å². The number of hydrogen-bond acceptors (Lipinski definition) is 3. The number of benzene rings is 1. The number of aromatic amines is 1. The van der Waals surface area contributed by atoms with Crippen molar-refractivity contribution >= 4 is 5.91 Å². The highest BCUT2D eigenvalue weighted by molar-refractivity contribution is 5.94. The van der Waals surface area contributed by atoms with E-state index >= 15 is 0 Å². The third-order valence-corrected chi connectivity index (χ3v) is 2.57. The number of H-pyrrole nitrogens is 1. The lowest BCUT2D eigenvalue weighted by Gasteiger charge is -2.05. The minimum atomic E-state index is -0.753. The van der Waals surface area contributed by atoms with Crippen molar-refractivity contribution in [2.24, 2.45) is 0 Å². The van der Waals surface area contributed by atoms with E-state index in [1.807, 2.05) is 6.92 Å². The van der Waals surface area contributed by atoms with Crippen molar-refractivity contribution in [3.63, 3.8) is 0 Å². The fourth-order valence-electron chi connectivity index (χ4n) is 1.51. The second-order valence-electron chi connectivity index (χ2n) is 3.87. The SMILES string of the molecule is Cc1[nH]ncc1CNC(=O)c1ccc(O)cc1F. The molecule has 18 heavy (non-hydrogen) atoms. The molecule has 0 aliphatic carbocycles. The summed E-state index contributed by atoms with van der Waals surface area (Å²) in [6.45, 7) is 2.09. The first kappa shape index (κ1) is 12.1. The molecule has 1 amide bonds. The molecule has 2 aromatic rings. The number of rotatable bonds is 3. The Balaban J connectivity index is 2.06. The van der Waals surface area contributed by atoms with Crippen LogP contribution in [0.15, 0.2) is 24.4 Å². The number of carbonyl (C=O) groups excluding carboxylic acids is 1. The fourth-order valence-corrected chi connectivity index (χ4v) is 1.51. The van der Waals surface area contributed by atoms with E-state index in [9.17, 15) is 9.18 Å². The summed E-state index contributed by atoms with van der Waals surface area (Å²) < 4.78 is 13.4. The minimum absolute atomic E-state index is 0.103. The Hall–Kier alpha value is -2.37. The maximum absolute atomic E-state index is 13.4. The number of hydrogen-bond donors (Lipinski definition) is 3. The van der Waals surface area contributed by atoms with E-state index in [0.29, 0.717) is 0 Å². The molecule has 0 aliphatic rings. The van der Waals surface area contributed by atoms with Crippen molar-refractivity contribution in [2.45, 2.75) is 13.5 Å². The molecule has 0 aliphatic heterocycles. The van der Waals surface area contributed by atoms with Crippen LogP contribution in [0.2, 0.25) is 0 Å². The number of carbonyl (C=O) groups is 1. The standard InChI is InChI=1S/C12H12FN3O2/c1-7-8(6-15-16-7)5-14-12(18)10-3-2-9(17)4-11(10)13/h2-4,6,17H,5H2,1H3,(H,14,18)(H,15,16). The van der Waals surface area contributed by atoms with E-state index in [1.54, 1.807) is 6.20 Å². The summed E-state index contributed by atoms with van der Waals surface area (Å²) in [5.74, 6) is -1.50. The van der Waals surface area contributed by atoms with Crippen molar-refractivity contribution in [3.05, 3.63) is 47.0 Å². The average molecular weight is 249 g/mol. The number of nitrogens with one attached hydrogen (secondary N) is 2. The normalized spacial score (nSPS) is 10.3. The van der Waals surface area contributed by atoms with Crippen LogP contribution in [0.25, 0.3) is 0 Å². The number of phenolic OH excluding ortho intramolecular Hbond substituents is 1. The smallest absolute Gasteiger partial charge is 0.254 e. The number of phenols is 1. The maximum Gasteiger partial charge on any atom is 0.254 e. The van der Waals surface area contributed by atoms with Gasteiger partial charge in [0.2, 0.25) is 0 Å². The van der Waals surface area contributed by atoms with Crippen LogP contribution >= 0.6 is 0 Å². The highest BCUT2D eigenvalue weighted by Gasteiger charge is 2.12. The van der Waals surface area contributed by atoms with Gasteiger partial charge in [-0.05, 0) is 19.1 Å². The first-order chi connectivity index (χ1) is 8.58. The Labute approximate surface area is 103 Å². The number of aromatic nitrogens is 2. The van der Waals surface area contributed by atoms with Gasteiger partial charge in [0.25, 0.3) is 5.91 Å². The molecule has 1 aromatic carbocycles. The molecule has 1 aromatic heterocycles. The summed E-state index contributed by atoms with van der Waals surface area (Å²) in [6, 6.07) is 3.40. The third kappa shape index (κ3) is 2.48. The van der Waals surface area contributed by atoms with Gasteiger partial charge in [-0.3, -0.25) is 9.89 Å². The Morgan fingerprint density at radius 2 is 2.33 bits per heavy atom. The molecule has 0 bridgehead atoms. The molecule has 1 heterocycles. The monoisotopic (exact) mass is 249 g/mol. The maximum atomic E-state index is 13.4. The molecule has 0 unspecified atom stereocenters. The third-order valence-electron chi connectivity index (χ3n) is 2.57. The topological polar surface area (TPSA) is 78.0 Å². The van der Waals surface area contributed by atoms with Gasteiger partial charge < -0.3 is 10.4 Å². The quantitative estimate of drug-likeness (QED) is 0.771. The van der Waals surface area contributed by atoms with Gasteiger partial charge in [-0.15, -0.1) is 0 Å². The van der Waals surface area contributed by atoms with E-state index in [1.165, 1.54) is 12.1 Å². The van der Waals surface area contributed by atoms with Gasteiger partial charge in [-0.25, -0.2) is 4.39 Å². The van der Waals surface area contributed by atoms with Crippen LogP contribution in [-0.4, -0.2) is 21.2 Å². The van der Waals surface area contributed by atoms with Gasteiger partial charge >= 0.3 is 0 Å². The minimum Gasteiger partial charge on any atom is -0.508 e. The van der Waals surface area contributed by atoms with Crippen LogP contribution in [0.5, 0.6) is 5.75 Å². The van der Waals surface area contributed by atoms with Crippen molar-refractivity contribution in [1.29, 1.82) is 0 Å². The number of aromatic hydroxyl groups is 1. The number of halogens is 1. The van der Waals surface area contributed by atoms with Gasteiger partial charge in [0, 0.05) is 23.9 Å². The van der Waals surface area contributed by atoms with Crippen LogP contribution in [0.1, 0.15) is 21.6 Å². The molecule has 0 fully saturated rings. The average Bonchev–Trinajstić information content (AvgIpc) is 2.72. The number of nitrogens with zero attached hydrogens (tertiary/aromatic N) is 1. The Bertz CT molecular complexity index is 580. The predicted octanol–water partition coefficient (Wildman–Crippen LogP) is 1.49. The molecule has 5 nitrogen and oxygen atoms in total. The van der Waals surface area contributed by atoms with Crippen LogP contribution < -0.4 is 5.32 Å². The van der Waals surface area contributed by atoms with E-state index in [2.05, 4.69) is 15.5 Å². The molecule has 0 atom stereocenters. The summed E-state index contributed by atoms with van der Waals surface area (Å²) in [5, 5.41) is 18.2. The molecule has 2 rings (SSSR count). The molecule has 94 valence electrons. The zero-order valence-electron chi connectivity index (χ0n) is 9.70. The lowest BCUT2D eigenvalue weighted by molar-refractivity contribution is 0.0947. The lowest BCUT2D eigenvalue weighted by Crippen LogP contribution is -2.23. The summed E-state index contributed by atoms with van der Waals surface area (Å²) in [6.07, 6.45) is 1.60. The van der Waals surface area contributed by atoms with Gasteiger partial charge in [-0.2, -0.15) is 5.10 Å². The molecule has 0 radical (unpaired) electrons. The van der Waals surface area contributed by atoms with Crippen molar-refractivity contribution in [1.82, 2.24) is 15.5 Å². The second-order valence-corrected chi connectivity index (χ2v) is 3.87. The molecule has 0 spiro atoms. The fraction of sp³-hybridized carbons (Fsp3) is 0.167. The lowest BCUT2D eigenvalue weighted by atomic mass is 10.2. The molecule has 0 saturated carbocycles. The highest BCUT2D eigenvalue weighted by atomic mass is 19.1. The van der Waals surface area contributed by atoms with Gasteiger partial charge in [0.15, 0.2) is 0 Å². The molecule has 6 heteroatoms. The molecule has 3 N–H and O–H groups in total. The van der Waals surface area contributed by atoms with E-state index in [4.69, 9.17) is 5.11 Å². The van der Waals surface area contributed by atoms with Crippen molar-refractivity contribution < 1.29 is 14.3 Å².